The lowest BCUT2D eigenvalue weighted by atomic mass is 9.92. The van der Waals surface area contributed by atoms with E-state index < -0.39 is 0 Å². The summed E-state index contributed by atoms with van der Waals surface area (Å²) in [6.45, 7) is 19.6. The van der Waals surface area contributed by atoms with Crippen molar-refractivity contribution in [1.29, 1.82) is 0 Å². The largest absolute Gasteiger partial charge is 0.375 e. The van der Waals surface area contributed by atoms with E-state index in [9.17, 15) is 0 Å². The molecule has 0 aliphatic carbocycles. The van der Waals surface area contributed by atoms with Crippen molar-refractivity contribution in [3.63, 3.8) is 0 Å². The van der Waals surface area contributed by atoms with Gasteiger partial charge in [0, 0.05) is 55.4 Å². The number of piperidine rings is 1. The summed E-state index contributed by atoms with van der Waals surface area (Å²) in [7, 11) is 0. The number of fused-ring (bicyclic) bond motifs is 1. The molecule has 0 bridgehead atoms. The van der Waals surface area contributed by atoms with Gasteiger partial charge in [0.25, 0.3) is 0 Å². The second-order valence-corrected chi connectivity index (χ2v) is 9.29. The Kier molecular flexibility index (Phi) is 14.5. The molecular formula is C29H43BrN6. The van der Waals surface area contributed by atoms with Crippen LogP contribution in [0.25, 0.3) is 5.65 Å². The normalized spacial score (nSPS) is 13.0. The lowest BCUT2D eigenvalue weighted by molar-refractivity contribution is 0.249. The molecule has 4 heterocycles. The molecule has 0 amide bonds. The lowest BCUT2D eigenvalue weighted by Gasteiger charge is -2.35. The maximum Gasteiger partial charge on any atom is 0.171 e. The fraction of sp³-hybridized carbons (Fsp3) is 0.483. The number of nitrogens with one attached hydrogen (secondary N) is 1. The molecule has 36 heavy (non-hydrogen) atoms. The van der Waals surface area contributed by atoms with E-state index in [4.69, 9.17) is 4.98 Å². The molecule has 1 fully saturated rings. The van der Waals surface area contributed by atoms with Crippen molar-refractivity contribution in [2.24, 2.45) is 5.92 Å². The van der Waals surface area contributed by atoms with Crippen LogP contribution in [0.1, 0.15) is 78.0 Å². The number of aromatic nitrogens is 4. The first-order valence-corrected chi connectivity index (χ1v) is 13.7. The highest BCUT2D eigenvalue weighted by Gasteiger charge is 2.24. The van der Waals surface area contributed by atoms with Gasteiger partial charge >= 0.3 is 0 Å². The number of allylic oxidation sites excluding steroid dienone is 1. The average molecular weight is 556 g/mol. The van der Waals surface area contributed by atoms with E-state index in [-0.39, 0.29) is 0 Å². The zero-order chi connectivity index (χ0) is 27.1. The third-order valence-electron chi connectivity index (χ3n) is 5.65. The molecule has 0 radical (unpaired) electrons. The van der Waals surface area contributed by atoms with Crippen LogP contribution >= 0.6 is 15.9 Å². The minimum absolute atomic E-state index is 0.443. The predicted molar refractivity (Wildman–Crippen MR) is 157 cm³/mol. The van der Waals surface area contributed by atoms with Crippen molar-refractivity contribution in [3.8, 4) is 12.8 Å². The highest BCUT2D eigenvalue weighted by atomic mass is 79.9. The zero-order valence-electron chi connectivity index (χ0n) is 22.8. The number of likely N-dealkylation sites (tertiary alicyclic amines) is 1. The molecule has 1 saturated heterocycles. The van der Waals surface area contributed by atoms with Crippen molar-refractivity contribution < 1.29 is 0 Å². The van der Waals surface area contributed by atoms with E-state index in [2.05, 4.69) is 81.6 Å². The summed E-state index contributed by atoms with van der Waals surface area (Å²) in [6, 6.07) is 6.18. The van der Waals surface area contributed by atoms with E-state index in [0.29, 0.717) is 18.4 Å². The molecule has 0 atom stereocenters. The van der Waals surface area contributed by atoms with Crippen LogP contribution in [-0.2, 0) is 6.54 Å². The van der Waals surface area contributed by atoms with Gasteiger partial charge in [0.1, 0.15) is 5.82 Å². The lowest BCUT2D eigenvalue weighted by Crippen LogP contribution is -2.32. The van der Waals surface area contributed by atoms with Crippen molar-refractivity contribution in [2.45, 2.75) is 73.3 Å². The second kappa shape index (κ2) is 16.8. The maximum atomic E-state index is 4.95. The van der Waals surface area contributed by atoms with Gasteiger partial charge in [-0.2, -0.15) is 9.61 Å². The topological polar surface area (TPSA) is 58.4 Å². The molecule has 0 saturated carbocycles. The Hall–Kier alpha value is -2.85. The molecule has 7 heteroatoms. The van der Waals surface area contributed by atoms with Crippen LogP contribution in [0.5, 0.6) is 0 Å². The standard InChI is InChI=1S/C23H29BrN6.2C2H6.C2H2/c1-16(2)11-17(3)29-9-6-19(7-10-29)21-12-22(26-14-18-5-4-8-25-13-18)30-23(28-21)20(24)15-27-30;3*1-2/h4-5,8,12-13,15-16,19,26H,3,6-7,9-11,14H2,1-2H3;2*1-2H3;1-2H. The quantitative estimate of drug-likeness (QED) is 0.305. The summed E-state index contributed by atoms with van der Waals surface area (Å²) in [6.07, 6.45) is 16.7. The van der Waals surface area contributed by atoms with Gasteiger partial charge in [-0.05, 0) is 52.7 Å². The monoisotopic (exact) mass is 554 g/mol. The van der Waals surface area contributed by atoms with Gasteiger partial charge in [-0.1, -0.05) is 54.2 Å². The van der Waals surface area contributed by atoms with Gasteiger partial charge < -0.3 is 10.2 Å². The highest BCUT2D eigenvalue weighted by molar-refractivity contribution is 9.10. The maximum absolute atomic E-state index is 4.95. The van der Waals surface area contributed by atoms with Crippen LogP contribution < -0.4 is 5.32 Å². The molecular weight excluding hydrogens is 512 g/mol. The number of hydrogen-bond donors (Lipinski definition) is 1. The fourth-order valence-electron chi connectivity index (χ4n) is 4.08. The summed E-state index contributed by atoms with van der Waals surface area (Å²) in [5, 5.41) is 8.01. The van der Waals surface area contributed by atoms with Crippen LogP contribution in [0.2, 0.25) is 0 Å². The molecule has 196 valence electrons. The first kappa shape index (κ1) is 31.2. The van der Waals surface area contributed by atoms with Crippen molar-refractivity contribution in [2.75, 3.05) is 18.4 Å². The SMILES string of the molecule is C#C.C=C(CC(C)C)N1CCC(c2cc(NCc3cccnc3)n3ncc(Br)c3n2)CC1.CC.CC. The van der Waals surface area contributed by atoms with Crippen LogP contribution in [0.4, 0.5) is 5.82 Å². The summed E-state index contributed by atoms with van der Waals surface area (Å²) >= 11 is 3.60. The first-order valence-electron chi connectivity index (χ1n) is 12.9. The third-order valence-corrected chi connectivity index (χ3v) is 6.21. The zero-order valence-corrected chi connectivity index (χ0v) is 24.4. The third kappa shape index (κ3) is 8.67. The first-order chi connectivity index (χ1) is 17.5. The molecule has 1 aliphatic rings. The highest BCUT2D eigenvalue weighted by Crippen LogP contribution is 2.32. The molecule has 1 aliphatic heterocycles. The molecule has 0 spiro atoms. The number of halogens is 1. The number of nitrogens with zero attached hydrogens (tertiary/aromatic N) is 5. The van der Waals surface area contributed by atoms with E-state index >= 15 is 0 Å². The van der Waals surface area contributed by atoms with Gasteiger partial charge in [0.05, 0.1) is 10.7 Å². The second-order valence-electron chi connectivity index (χ2n) is 8.43. The molecule has 0 unspecified atom stereocenters. The Balaban J connectivity index is 0.00000101. The number of pyridine rings is 1. The Morgan fingerprint density at radius 3 is 2.42 bits per heavy atom. The molecule has 1 N–H and O–H groups in total. The minimum Gasteiger partial charge on any atom is -0.375 e. The van der Waals surface area contributed by atoms with Gasteiger partial charge in [-0.15, -0.1) is 12.8 Å². The van der Waals surface area contributed by atoms with E-state index in [0.717, 1.165) is 59.5 Å². The molecule has 0 aromatic carbocycles. The summed E-state index contributed by atoms with van der Waals surface area (Å²) in [5.41, 5.74) is 4.38. The Labute approximate surface area is 226 Å². The summed E-state index contributed by atoms with van der Waals surface area (Å²) in [5.74, 6) is 2.04. The van der Waals surface area contributed by atoms with Crippen molar-refractivity contribution >= 4 is 27.4 Å². The molecule has 4 rings (SSSR count). The van der Waals surface area contributed by atoms with Gasteiger partial charge in [0.15, 0.2) is 5.65 Å². The molecule has 3 aromatic heterocycles. The van der Waals surface area contributed by atoms with Gasteiger partial charge in [-0.25, -0.2) is 4.98 Å². The van der Waals surface area contributed by atoms with E-state index in [1.807, 2.05) is 44.5 Å². The molecule has 6 nitrogen and oxygen atoms in total. The van der Waals surface area contributed by atoms with E-state index in [1.165, 1.54) is 5.70 Å². The summed E-state index contributed by atoms with van der Waals surface area (Å²) < 4.78 is 2.78. The average Bonchev–Trinajstić information content (AvgIpc) is 3.31. The van der Waals surface area contributed by atoms with Gasteiger partial charge in [0.2, 0.25) is 0 Å². The predicted octanol–water partition coefficient (Wildman–Crippen LogP) is 7.54. The van der Waals surface area contributed by atoms with Crippen LogP contribution in [0.15, 0.2) is 53.5 Å². The number of terminal acetylenes is 1. The van der Waals surface area contributed by atoms with Crippen LogP contribution in [0.3, 0.4) is 0 Å². The number of rotatable bonds is 7. The Bertz CT molecular complexity index is 1050. The Morgan fingerprint density at radius 2 is 1.83 bits per heavy atom. The van der Waals surface area contributed by atoms with Gasteiger partial charge in [-0.3, -0.25) is 4.98 Å². The number of hydrogen-bond acceptors (Lipinski definition) is 5. The summed E-state index contributed by atoms with van der Waals surface area (Å²) in [4.78, 5) is 11.6. The number of anilines is 1. The molecule has 3 aromatic rings. The van der Waals surface area contributed by atoms with Crippen LogP contribution in [0, 0.1) is 18.8 Å². The fourth-order valence-corrected chi connectivity index (χ4v) is 4.43. The van der Waals surface area contributed by atoms with E-state index in [1.54, 1.807) is 12.4 Å². The minimum atomic E-state index is 0.443. The smallest absolute Gasteiger partial charge is 0.171 e. The van der Waals surface area contributed by atoms with Crippen molar-refractivity contribution in [3.05, 3.63) is 64.8 Å². The van der Waals surface area contributed by atoms with Crippen LogP contribution in [-0.4, -0.2) is 37.6 Å². The Morgan fingerprint density at radius 1 is 1.17 bits per heavy atom. The van der Waals surface area contributed by atoms with Crippen molar-refractivity contribution in [1.82, 2.24) is 24.5 Å².